The molecular formula is C13H14BrNO3. The van der Waals surface area contributed by atoms with E-state index in [0.717, 1.165) is 10.9 Å². The number of carboxylic acids is 1. The average Bonchev–Trinajstić information content (AvgIpc) is 2.38. The largest absolute Gasteiger partial charge is 0.481 e. The molecule has 1 fully saturated rings. The lowest BCUT2D eigenvalue weighted by Gasteiger charge is -2.30. The molecule has 0 saturated carbocycles. The predicted molar refractivity (Wildman–Crippen MR) is 70.4 cm³/mol. The van der Waals surface area contributed by atoms with E-state index in [1.165, 1.54) is 0 Å². The number of rotatable bonds is 2. The Kier molecular flexibility index (Phi) is 4.01. The maximum absolute atomic E-state index is 12.2. The molecule has 0 bridgehead atoms. The van der Waals surface area contributed by atoms with Crippen molar-refractivity contribution in [2.45, 2.75) is 12.8 Å². The van der Waals surface area contributed by atoms with E-state index in [4.69, 9.17) is 5.11 Å². The highest BCUT2D eigenvalue weighted by Crippen LogP contribution is 2.20. The lowest BCUT2D eigenvalue weighted by atomic mass is 9.97. The van der Waals surface area contributed by atoms with Gasteiger partial charge in [0.1, 0.15) is 0 Å². The number of nitrogens with zero attached hydrogens (tertiary/aromatic N) is 1. The summed E-state index contributed by atoms with van der Waals surface area (Å²) in [5.74, 6) is -1.35. The zero-order valence-electron chi connectivity index (χ0n) is 9.80. The van der Waals surface area contributed by atoms with Crippen LogP contribution in [-0.4, -0.2) is 35.0 Å². The zero-order chi connectivity index (χ0) is 13.1. The Morgan fingerprint density at radius 3 is 2.83 bits per heavy atom. The first-order valence-corrected chi connectivity index (χ1v) is 6.65. The van der Waals surface area contributed by atoms with E-state index < -0.39 is 11.9 Å². The molecule has 1 aliphatic heterocycles. The molecule has 4 nitrogen and oxygen atoms in total. The Morgan fingerprint density at radius 1 is 1.39 bits per heavy atom. The molecule has 1 aliphatic rings. The standard InChI is InChI=1S/C13H14BrNO3/c14-11-5-1-3-9(7-11)12(16)15-6-2-4-10(8-15)13(17)18/h1,3,5,7,10H,2,4,6,8H2,(H,17,18). The van der Waals surface area contributed by atoms with Crippen LogP contribution in [-0.2, 0) is 4.79 Å². The summed E-state index contributed by atoms with van der Waals surface area (Å²) < 4.78 is 0.847. The summed E-state index contributed by atoms with van der Waals surface area (Å²) >= 11 is 3.32. The van der Waals surface area contributed by atoms with E-state index in [2.05, 4.69) is 15.9 Å². The third-order valence-corrected chi connectivity index (χ3v) is 3.62. The van der Waals surface area contributed by atoms with Crippen molar-refractivity contribution < 1.29 is 14.7 Å². The van der Waals surface area contributed by atoms with Crippen LogP contribution in [0.2, 0.25) is 0 Å². The number of halogens is 1. The molecule has 1 aromatic carbocycles. The highest BCUT2D eigenvalue weighted by molar-refractivity contribution is 9.10. The van der Waals surface area contributed by atoms with Crippen LogP contribution in [0.1, 0.15) is 23.2 Å². The fraction of sp³-hybridized carbons (Fsp3) is 0.385. The normalized spacial score (nSPS) is 19.6. The van der Waals surface area contributed by atoms with Crippen molar-refractivity contribution in [3.8, 4) is 0 Å². The fourth-order valence-corrected chi connectivity index (χ4v) is 2.57. The molecule has 18 heavy (non-hydrogen) atoms. The van der Waals surface area contributed by atoms with Crippen molar-refractivity contribution in [1.82, 2.24) is 4.90 Å². The number of carbonyl (C=O) groups is 2. The van der Waals surface area contributed by atoms with Crippen molar-refractivity contribution in [3.05, 3.63) is 34.3 Å². The minimum absolute atomic E-state index is 0.0951. The third-order valence-electron chi connectivity index (χ3n) is 3.13. The summed E-state index contributed by atoms with van der Waals surface area (Å²) in [5.41, 5.74) is 0.593. The summed E-state index contributed by atoms with van der Waals surface area (Å²) in [6.07, 6.45) is 1.40. The lowest BCUT2D eigenvalue weighted by Crippen LogP contribution is -2.42. The molecule has 1 unspecified atom stereocenters. The molecule has 5 heteroatoms. The maximum atomic E-state index is 12.2. The van der Waals surface area contributed by atoms with Gasteiger partial charge in [0.2, 0.25) is 0 Å². The number of benzene rings is 1. The van der Waals surface area contributed by atoms with Gasteiger partial charge in [-0.2, -0.15) is 0 Å². The van der Waals surface area contributed by atoms with Gasteiger partial charge in [-0.15, -0.1) is 0 Å². The smallest absolute Gasteiger partial charge is 0.308 e. The van der Waals surface area contributed by atoms with Gasteiger partial charge in [0.05, 0.1) is 5.92 Å². The summed E-state index contributed by atoms with van der Waals surface area (Å²) in [6.45, 7) is 0.940. The van der Waals surface area contributed by atoms with Crippen LogP contribution in [0.15, 0.2) is 28.7 Å². The van der Waals surface area contributed by atoms with Crippen molar-refractivity contribution in [3.63, 3.8) is 0 Å². The van der Waals surface area contributed by atoms with Gasteiger partial charge in [-0.1, -0.05) is 22.0 Å². The first-order chi connectivity index (χ1) is 8.58. The molecule has 1 N–H and O–H groups in total. The molecular weight excluding hydrogens is 298 g/mol. The molecule has 0 aliphatic carbocycles. The van der Waals surface area contributed by atoms with Crippen molar-refractivity contribution in [1.29, 1.82) is 0 Å². The number of hydrogen-bond acceptors (Lipinski definition) is 2. The average molecular weight is 312 g/mol. The highest BCUT2D eigenvalue weighted by Gasteiger charge is 2.28. The zero-order valence-corrected chi connectivity index (χ0v) is 11.4. The van der Waals surface area contributed by atoms with Crippen LogP contribution in [0.5, 0.6) is 0 Å². The Labute approximate surface area is 114 Å². The number of amides is 1. The fourth-order valence-electron chi connectivity index (χ4n) is 2.17. The molecule has 0 radical (unpaired) electrons. The van der Waals surface area contributed by atoms with Gasteiger partial charge >= 0.3 is 5.97 Å². The van der Waals surface area contributed by atoms with E-state index in [-0.39, 0.29) is 5.91 Å². The van der Waals surface area contributed by atoms with Gasteiger partial charge in [-0.3, -0.25) is 9.59 Å². The number of carboxylic acid groups (broad SMARTS) is 1. The van der Waals surface area contributed by atoms with Gasteiger partial charge in [-0.05, 0) is 31.0 Å². The second-order valence-corrected chi connectivity index (χ2v) is 5.35. The first kappa shape index (κ1) is 13.1. The van der Waals surface area contributed by atoms with Crippen LogP contribution < -0.4 is 0 Å². The summed E-state index contributed by atoms with van der Waals surface area (Å²) in [5, 5.41) is 9.01. The molecule has 0 aromatic heterocycles. The van der Waals surface area contributed by atoms with E-state index in [0.29, 0.717) is 25.1 Å². The number of aliphatic carboxylic acids is 1. The Balaban J connectivity index is 2.11. The minimum atomic E-state index is -0.818. The van der Waals surface area contributed by atoms with Crippen LogP contribution >= 0.6 is 15.9 Å². The quantitative estimate of drug-likeness (QED) is 0.912. The number of piperidine rings is 1. The van der Waals surface area contributed by atoms with Crippen LogP contribution in [0.3, 0.4) is 0 Å². The third kappa shape index (κ3) is 2.90. The van der Waals surface area contributed by atoms with E-state index in [9.17, 15) is 9.59 Å². The molecule has 1 heterocycles. The first-order valence-electron chi connectivity index (χ1n) is 5.85. The number of hydrogen-bond donors (Lipinski definition) is 1. The Morgan fingerprint density at radius 2 is 2.17 bits per heavy atom. The van der Waals surface area contributed by atoms with E-state index in [1.54, 1.807) is 23.1 Å². The molecule has 0 spiro atoms. The maximum Gasteiger partial charge on any atom is 0.308 e. The number of carbonyl (C=O) groups excluding carboxylic acids is 1. The second-order valence-electron chi connectivity index (χ2n) is 4.44. The molecule has 1 aromatic rings. The number of likely N-dealkylation sites (tertiary alicyclic amines) is 1. The Hall–Kier alpha value is -1.36. The molecule has 1 atom stereocenters. The second kappa shape index (κ2) is 5.52. The van der Waals surface area contributed by atoms with Gasteiger partial charge in [-0.25, -0.2) is 0 Å². The molecule has 2 rings (SSSR count). The highest BCUT2D eigenvalue weighted by atomic mass is 79.9. The van der Waals surface area contributed by atoms with Crippen molar-refractivity contribution in [2.24, 2.45) is 5.92 Å². The minimum Gasteiger partial charge on any atom is -0.481 e. The predicted octanol–water partition coefficient (Wildman–Crippen LogP) is 2.39. The Bertz CT molecular complexity index is 475. The van der Waals surface area contributed by atoms with E-state index in [1.807, 2.05) is 6.07 Å². The van der Waals surface area contributed by atoms with Crippen LogP contribution in [0.25, 0.3) is 0 Å². The lowest BCUT2D eigenvalue weighted by molar-refractivity contribution is -0.143. The van der Waals surface area contributed by atoms with Gasteiger partial charge in [0.25, 0.3) is 5.91 Å². The van der Waals surface area contributed by atoms with Crippen LogP contribution in [0.4, 0.5) is 0 Å². The van der Waals surface area contributed by atoms with Gasteiger partial charge in [0, 0.05) is 23.1 Å². The van der Waals surface area contributed by atoms with Crippen LogP contribution in [0, 0.1) is 5.92 Å². The summed E-state index contributed by atoms with van der Waals surface area (Å²) in [4.78, 5) is 24.8. The van der Waals surface area contributed by atoms with Crippen molar-refractivity contribution >= 4 is 27.8 Å². The molecule has 1 amide bonds. The summed E-state index contributed by atoms with van der Waals surface area (Å²) in [6, 6.07) is 7.16. The monoisotopic (exact) mass is 311 g/mol. The van der Waals surface area contributed by atoms with Gasteiger partial charge in [0.15, 0.2) is 0 Å². The molecule has 96 valence electrons. The van der Waals surface area contributed by atoms with E-state index >= 15 is 0 Å². The topological polar surface area (TPSA) is 57.6 Å². The summed E-state index contributed by atoms with van der Waals surface area (Å²) in [7, 11) is 0. The van der Waals surface area contributed by atoms with Crippen molar-refractivity contribution in [2.75, 3.05) is 13.1 Å². The molecule has 1 saturated heterocycles. The SMILES string of the molecule is O=C(O)C1CCCN(C(=O)c2cccc(Br)c2)C1. The van der Waals surface area contributed by atoms with Gasteiger partial charge < -0.3 is 10.0 Å².